The van der Waals surface area contributed by atoms with Crippen molar-refractivity contribution in [2.75, 3.05) is 19.9 Å². The number of carbonyl (C=O) groups is 3. The van der Waals surface area contributed by atoms with Crippen LogP contribution in [0.3, 0.4) is 0 Å². The predicted molar refractivity (Wildman–Crippen MR) is 106 cm³/mol. The summed E-state index contributed by atoms with van der Waals surface area (Å²) in [4.78, 5) is 37.6. The smallest absolute Gasteiger partial charge is 0.338 e. The van der Waals surface area contributed by atoms with Crippen LogP contribution in [0.15, 0.2) is 42.5 Å². The quantitative estimate of drug-likeness (QED) is 0.702. The minimum atomic E-state index is -0.572. The number of nitrogens with zero attached hydrogens (tertiary/aromatic N) is 1. The van der Waals surface area contributed by atoms with Crippen molar-refractivity contribution >= 4 is 17.8 Å². The van der Waals surface area contributed by atoms with E-state index < -0.39 is 11.9 Å². The first-order chi connectivity index (χ1) is 14.6. The SMILES string of the molecule is O=C(COC(=O)c1ccc(CN2CCCC2=O)cc1)NCc1ccc2c(c1)OCO2. The van der Waals surface area contributed by atoms with Crippen molar-refractivity contribution in [3.05, 3.63) is 59.2 Å². The lowest BCUT2D eigenvalue weighted by atomic mass is 10.1. The molecule has 1 N–H and O–H groups in total. The van der Waals surface area contributed by atoms with E-state index in [-0.39, 0.29) is 25.9 Å². The lowest BCUT2D eigenvalue weighted by molar-refractivity contribution is -0.128. The number of fused-ring (bicyclic) bond motifs is 1. The van der Waals surface area contributed by atoms with Crippen molar-refractivity contribution in [3.63, 3.8) is 0 Å². The molecule has 8 heteroatoms. The van der Waals surface area contributed by atoms with Gasteiger partial charge in [0, 0.05) is 26.1 Å². The fraction of sp³-hybridized carbons (Fsp3) is 0.318. The summed E-state index contributed by atoms with van der Waals surface area (Å²) in [6.07, 6.45) is 1.49. The molecule has 30 heavy (non-hydrogen) atoms. The van der Waals surface area contributed by atoms with Crippen LogP contribution in [0.2, 0.25) is 0 Å². The zero-order chi connectivity index (χ0) is 20.9. The third-order valence-corrected chi connectivity index (χ3v) is 5.00. The van der Waals surface area contributed by atoms with E-state index in [1.54, 1.807) is 41.3 Å². The molecule has 2 heterocycles. The normalized spacial score (nSPS) is 14.7. The van der Waals surface area contributed by atoms with Gasteiger partial charge in [-0.2, -0.15) is 0 Å². The summed E-state index contributed by atoms with van der Waals surface area (Å²) in [7, 11) is 0. The third-order valence-electron chi connectivity index (χ3n) is 5.00. The molecule has 0 aliphatic carbocycles. The molecule has 2 aromatic carbocycles. The fourth-order valence-electron chi connectivity index (χ4n) is 3.35. The van der Waals surface area contributed by atoms with Gasteiger partial charge in [-0.15, -0.1) is 0 Å². The molecule has 0 radical (unpaired) electrons. The van der Waals surface area contributed by atoms with E-state index in [1.807, 2.05) is 6.07 Å². The lowest BCUT2D eigenvalue weighted by Gasteiger charge is -2.15. The van der Waals surface area contributed by atoms with E-state index in [1.165, 1.54) is 0 Å². The molecular weight excluding hydrogens is 388 g/mol. The number of amides is 2. The molecule has 0 unspecified atom stereocenters. The van der Waals surface area contributed by atoms with Gasteiger partial charge in [-0.05, 0) is 41.8 Å². The van der Waals surface area contributed by atoms with Crippen molar-refractivity contribution < 1.29 is 28.6 Å². The second-order valence-electron chi connectivity index (χ2n) is 7.16. The number of benzene rings is 2. The van der Waals surface area contributed by atoms with Gasteiger partial charge in [-0.25, -0.2) is 4.79 Å². The molecule has 2 aliphatic rings. The fourth-order valence-corrected chi connectivity index (χ4v) is 3.35. The number of rotatable bonds is 7. The highest BCUT2D eigenvalue weighted by molar-refractivity contribution is 5.91. The summed E-state index contributed by atoms with van der Waals surface area (Å²) in [5.41, 5.74) is 2.16. The van der Waals surface area contributed by atoms with E-state index in [9.17, 15) is 14.4 Å². The van der Waals surface area contributed by atoms with Crippen LogP contribution in [-0.2, 0) is 27.4 Å². The van der Waals surface area contributed by atoms with E-state index in [0.29, 0.717) is 30.0 Å². The molecule has 0 aromatic heterocycles. The molecule has 0 atom stereocenters. The maximum absolute atomic E-state index is 12.2. The minimum absolute atomic E-state index is 0.158. The van der Waals surface area contributed by atoms with Crippen molar-refractivity contribution in [2.45, 2.75) is 25.9 Å². The van der Waals surface area contributed by atoms with Crippen LogP contribution >= 0.6 is 0 Å². The summed E-state index contributed by atoms with van der Waals surface area (Å²) in [6.45, 7) is 1.42. The Hall–Kier alpha value is -3.55. The molecule has 1 fully saturated rings. The zero-order valence-corrected chi connectivity index (χ0v) is 16.4. The number of hydrogen-bond donors (Lipinski definition) is 1. The molecule has 2 aromatic rings. The van der Waals surface area contributed by atoms with Crippen LogP contribution in [0.25, 0.3) is 0 Å². The molecule has 2 aliphatic heterocycles. The Bertz CT molecular complexity index is 957. The Labute approximate surface area is 173 Å². The van der Waals surface area contributed by atoms with Gasteiger partial charge in [-0.3, -0.25) is 9.59 Å². The highest BCUT2D eigenvalue weighted by atomic mass is 16.7. The molecule has 8 nitrogen and oxygen atoms in total. The second-order valence-corrected chi connectivity index (χ2v) is 7.16. The molecule has 1 saturated heterocycles. The van der Waals surface area contributed by atoms with Crippen LogP contribution in [0.4, 0.5) is 0 Å². The standard InChI is InChI=1S/C22H22N2O6/c25-20(23-11-16-5-8-18-19(10-16)30-14-29-18)13-28-22(27)17-6-3-15(4-7-17)12-24-9-1-2-21(24)26/h3-8,10H,1-2,9,11-14H2,(H,23,25). The van der Waals surface area contributed by atoms with Gasteiger partial charge < -0.3 is 24.4 Å². The molecule has 0 spiro atoms. The Morgan fingerprint density at radius 1 is 1.03 bits per heavy atom. The van der Waals surface area contributed by atoms with Gasteiger partial charge in [0.1, 0.15) is 0 Å². The predicted octanol–water partition coefficient (Wildman–Crippen LogP) is 2.01. The molecule has 2 amide bonds. The Morgan fingerprint density at radius 3 is 2.57 bits per heavy atom. The number of hydrogen-bond acceptors (Lipinski definition) is 6. The number of ether oxygens (including phenoxy) is 3. The average molecular weight is 410 g/mol. The van der Waals surface area contributed by atoms with Crippen molar-refractivity contribution in [1.82, 2.24) is 10.2 Å². The molecule has 156 valence electrons. The number of likely N-dealkylation sites (tertiary alicyclic amines) is 1. The van der Waals surface area contributed by atoms with Crippen LogP contribution in [0, 0.1) is 0 Å². The first-order valence-electron chi connectivity index (χ1n) is 9.77. The topological polar surface area (TPSA) is 94.2 Å². The number of esters is 1. The highest BCUT2D eigenvalue weighted by Crippen LogP contribution is 2.32. The first-order valence-corrected chi connectivity index (χ1v) is 9.77. The van der Waals surface area contributed by atoms with E-state index in [0.717, 1.165) is 24.1 Å². The van der Waals surface area contributed by atoms with E-state index in [2.05, 4.69) is 5.32 Å². The summed E-state index contributed by atoms with van der Waals surface area (Å²) in [5.74, 6) is 0.509. The molecule has 0 bridgehead atoms. The zero-order valence-electron chi connectivity index (χ0n) is 16.4. The van der Waals surface area contributed by atoms with Crippen molar-refractivity contribution in [1.29, 1.82) is 0 Å². The average Bonchev–Trinajstić information content (AvgIpc) is 3.39. The summed E-state index contributed by atoms with van der Waals surface area (Å²) in [5, 5.41) is 2.70. The van der Waals surface area contributed by atoms with Crippen LogP contribution < -0.4 is 14.8 Å². The van der Waals surface area contributed by atoms with Gasteiger partial charge in [-0.1, -0.05) is 18.2 Å². The largest absolute Gasteiger partial charge is 0.454 e. The number of nitrogens with one attached hydrogen (secondary N) is 1. The minimum Gasteiger partial charge on any atom is -0.454 e. The van der Waals surface area contributed by atoms with Crippen LogP contribution in [0.5, 0.6) is 11.5 Å². The molecule has 0 saturated carbocycles. The second kappa shape index (κ2) is 8.86. The Kier molecular flexibility index (Phi) is 5.83. The van der Waals surface area contributed by atoms with Gasteiger partial charge in [0.25, 0.3) is 5.91 Å². The Balaban J connectivity index is 1.22. The van der Waals surface area contributed by atoms with Crippen LogP contribution in [0.1, 0.15) is 34.3 Å². The summed E-state index contributed by atoms with van der Waals surface area (Å²) < 4.78 is 15.6. The van der Waals surface area contributed by atoms with Gasteiger partial charge >= 0.3 is 5.97 Å². The lowest BCUT2D eigenvalue weighted by Crippen LogP contribution is -2.28. The number of carbonyl (C=O) groups excluding carboxylic acids is 3. The monoisotopic (exact) mass is 410 g/mol. The van der Waals surface area contributed by atoms with Gasteiger partial charge in [0.05, 0.1) is 5.56 Å². The maximum Gasteiger partial charge on any atom is 0.338 e. The van der Waals surface area contributed by atoms with E-state index in [4.69, 9.17) is 14.2 Å². The Morgan fingerprint density at radius 2 is 1.80 bits per heavy atom. The van der Waals surface area contributed by atoms with Gasteiger partial charge in [0.2, 0.25) is 12.7 Å². The van der Waals surface area contributed by atoms with Crippen molar-refractivity contribution in [2.24, 2.45) is 0 Å². The van der Waals surface area contributed by atoms with E-state index >= 15 is 0 Å². The third kappa shape index (κ3) is 4.71. The summed E-state index contributed by atoms with van der Waals surface area (Å²) in [6, 6.07) is 12.3. The van der Waals surface area contributed by atoms with Gasteiger partial charge in [0.15, 0.2) is 18.1 Å². The first kappa shape index (κ1) is 19.8. The highest BCUT2D eigenvalue weighted by Gasteiger charge is 2.20. The van der Waals surface area contributed by atoms with Crippen LogP contribution in [-0.4, -0.2) is 42.6 Å². The summed E-state index contributed by atoms with van der Waals surface area (Å²) >= 11 is 0. The van der Waals surface area contributed by atoms with Crippen molar-refractivity contribution in [3.8, 4) is 11.5 Å². The maximum atomic E-state index is 12.2. The molecule has 4 rings (SSSR count). The molecular formula is C22H22N2O6.